The van der Waals surface area contributed by atoms with Gasteiger partial charge >= 0.3 is 11.9 Å². The quantitative estimate of drug-likeness (QED) is 0.135. The van der Waals surface area contributed by atoms with E-state index in [0.29, 0.717) is 25.1 Å². The van der Waals surface area contributed by atoms with E-state index in [0.717, 1.165) is 48.5 Å². The Kier molecular flexibility index (Phi) is 11.0. The number of nitrogens with zero attached hydrogens (tertiary/aromatic N) is 2. The highest BCUT2D eigenvalue weighted by molar-refractivity contribution is 5.88. The molecular weight excluding hydrogens is 516 g/mol. The van der Waals surface area contributed by atoms with Crippen LogP contribution in [0.25, 0.3) is 11.1 Å². The Labute approximate surface area is 241 Å². The number of hydrogen-bond donors (Lipinski definition) is 1. The topological polar surface area (TPSA) is 89.0 Å². The van der Waals surface area contributed by atoms with Gasteiger partial charge in [0.2, 0.25) is 0 Å². The summed E-state index contributed by atoms with van der Waals surface area (Å²) in [5.74, 6) is -0.346. The van der Waals surface area contributed by atoms with Crippen molar-refractivity contribution in [2.45, 2.75) is 38.8 Å². The summed E-state index contributed by atoms with van der Waals surface area (Å²) in [6.45, 7) is 2.55. The van der Waals surface area contributed by atoms with Crippen molar-refractivity contribution < 1.29 is 24.2 Å². The number of carbonyl (C=O) groups excluding carboxylic acids is 1. The van der Waals surface area contributed by atoms with Gasteiger partial charge in [-0.3, -0.25) is 14.7 Å². The molecule has 0 bridgehead atoms. The minimum Gasteiger partial charge on any atom is -0.489 e. The van der Waals surface area contributed by atoms with Crippen molar-refractivity contribution in [2.75, 3.05) is 20.2 Å². The summed E-state index contributed by atoms with van der Waals surface area (Å²) in [5, 5.41) is 9.01. The number of rotatable bonds is 15. The standard InChI is InChI=1S/C34H36N2O5/c1-40-34(39)30-18-19-31(35-23-30)24-36(21-8-7-13-33(37)38)22-20-29-11-5-6-12-32(29)41-25-26-14-16-28(17-15-26)27-9-3-2-4-10-27/h2-6,9-12,14-19,23H,7-8,13,20-22,24-25H2,1H3,(H,37,38). The van der Waals surface area contributed by atoms with Crippen molar-refractivity contribution in [3.05, 3.63) is 120 Å². The number of methoxy groups -OCH3 is 1. The number of aliphatic carboxylic acids is 1. The van der Waals surface area contributed by atoms with E-state index in [4.69, 9.17) is 14.6 Å². The minimum absolute atomic E-state index is 0.156. The van der Waals surface area contributed by atoms with Crippen LogP contribution in [0.4, 0.5) is 0 Å². The molecule has 3 aromatic carbocycles. The number of benzene rings is 3. The van der Waals surface area contributed by atoms with Crippen LogP contribution in [0.15, 0.2) is 97.2 Å². The number of esters is 1. The van der Waals surface area contributed by atoms with E-state index in [2.05, 4.69) is 52.3 Å². The zero-order valence-electron chi connectivity index (χ0n) is 23.4. The van der Waals surface area contributed by atoms with Crippen LogP contribution in [-0.4, -0.2) is 47.1 Å². The molecule has 1 heterocycles. The molecule has 7 heteroatoms. The number of ether oxygens (including phenoxy) is 2. The van der Waals surface area contributed by atoms with Gasteiger partial charge in [-0.15, -0.1) is 0 Å². The lowest BCUT2D eigenvalue weighted by Gasteiger charge is -2.23. The molecule has 0 unspecified atom stereocenters. The summed E-state index contributed by atoms with van der Waals surface area (Å²) in [6.07, 6.45) is 3.83. The van der Waals surface area contributed by atoms with Crippen molar-refractivity contribution >= 4 is 11.9 Å². The second-order valence-corrected chi connectivity index (χ2v) is 9.87. The number of para-hydroxylation sites is 1. The predicted molar refractivity (Wildman–Crippen MR) is 159 cm³/mol. The lowest BCUT2D eigenvalue weighted by molar-refractivity contribution is -0.137. The first-order valence-electron chi connectivity index (χ1n) is 13.8. The summed E-state index contributed by atoms with van der Waals surface area (Å²) in [7, 11) is 1.35. The number of unbranched alkanes of at least 4 members (excludes halogenated alkanes) is 1. The zero-order valence-corrected chi connectivity index (χ0v) is 23.4. The molecule has 0 saturated carbocycles. The average molecular weight is 553 g/mol. The fourth-order valence-electron chi connectivity index (χ4n) is 4.58. The number of aromatic nitrogens is 1. The van der Waals surface area contributed by atoms with Gasteiger partial charge in [-0.05, 0) is 66.3 Å². The smallest absolute Gasteiger partial charge is 0.339 e. The molecule has 0 radical (unpaired) electrons. The highest BCUT2D eigenvalue weighted by atomic mass is 16.5. The number of hydrogen-bond acceptors (Lipinski definition) is 6. The molecule has 0 aliphatic carbocycles. The molecule has 7 nitrogen and oxygen atoms in total. The van der Waals surface area contributed by atoms with E-state index in [1.165, 1.54) is 24.4 Å². The van der Waals surface area contributed by atoms with E-state index in [-0.39, 0.29) is 6.42 Å². The van der Waals surface area contributed by atoms with Gasteiger partial charge in [-0.25, -0.2) is 4.79 Å². The number of carboxylic acid groups (broad SMARTS) is 1. The molecular formula is C34H36N2O5. The Hall–Kier alpha value is -4.49. The molecule has 0 aliphatic rings. The van der Waals surface area contributed by atoms with E-state index < -0.39 is 11.9 Å². The summed E-state index contributed by atoms with van der Waals surface area (Å²) < 4.78 is 11.0. The minimum atomic E-state index is -0.780. The third-order valence-corrected chi connectivity index (χ3v) is 6.87. The maximum Gasteiger partial charge on any atom is 0.339 e. The van der Waals surface area contributed by atoms with Crippen molar-refractivity contribution in [3.8, 4) is 16.9 Å². The Morgan fingerprint density at radius 3 is 2.27 bits per heavy atom. The van der Waals surface area contributed by atoms with Gasteiger partial charge in [0.15, 0.2) is 0 Å². The van der Waals surface area contributed by atoms with Gasteiger partial charge in [0.1, 0.15) is 12.4 Å². The van der Waals surface area contributed by atoms with Crippen LogP contribution < -0.4 is 4.74 Å². The van der Waals surface area contributed by atoms with Crippen LogP contribution in [0, 0.1) is 0 Å². The molecule has 1 N–H and O–H groups in total. The third-order valence-electron chi connectivity index (χ3n) is 6.87. The van der Waals surface area contributed by atoms with Crippen molar-refractivity contribution in [3.63, 3.8) is 0 Å². The third kappa shape index (κ3) is 9.29. The monoisotopic (exact) mass is 552 g/mol. The molecule has 0 atom stereocenters. The summed E-state index contributed by atoms with van der Waals surface area (Å²) in [4.78, 5) is 29.4. The number of carbonyl (C=O) groups is 2. The van der Waals surface area contributed by atoms with Gasteiger partial charge in [-0.2, -0.15) is 0 Å². The van der Waals surface area contributed by atoms with Crippen LogP contribution in [0.1, 0.15) is 46.4 Å². The van der Waals surface area contributed by atoms with Crippen LogP contribution in [-0.2, 0) is 29.1 Å². The molecule has 0 aliphatic heterocycles. The number of pyridine rings is 1. The van der Waals surface area contributed by atoms with Gasteiger partial charge < -0.3 is 14.6 Å². The van der Waals surface area contributed by atoms with Crippen LogP contribution in [0.2, 0.25) is 0 Å². The Morgan fingerprint density at radius 1 is 0.829 bits per heavy atom. The SMILES string of the molecule is COC(=O)c1ccc(CN(CCCCC(=O)O)CCc2ccccc2OCc2ccc(-c3ccccc3)cc2)nc1. The summed E-state index contributed by atoms with van der Waals surface area (Å²) in [6, 6.07) is 30.4. The maximum absolute atomic E-state index is 11.8. The molecule has 4 rings (SSSR count). The van der Waals surface area contributed by atoms with Gasteiger partial charge in [-0.1, -0.05) is 72.8 Å². The molecule has 4 aromatic rings. The van der Waals surface area contributed by atoms with E-state index in [1.54, 1.807) is 6.07 Å². The van der Waals surface area contributed by atoms with Crippen molar-refractivity contribution in [2.24, 2.45) is 0 Å². The second-order valence-electron chi connectivity index (χ2n) is 9.87. The van der Waals surface area contributed by atoms with E-state index in [1.807, 2.05) is 42.5 Å². The molecule has 0 fully saturated rings. The Balaban J connectivity index is 1.37. The highest BCUT2D eigenvalue weighted by Crippen LogP contribution is 2.23. The Bertz CT molecular complexity index is 1390. The van der Waals surface area contributed by atoms with Crippen molar-refractivity contribution in [1.29, 1.82) is 0 Å². The fraction of sp³-hybridized carbons (Fsp3) is 0.265. The van der Waals surface area contributed by atoms with Crippen molar-refractivity contribution in [1.82, 2.24) is 9.88 Å². The zero-order chi connectivity index (χ0) is 28.9. The molecule has 1 aromatic heterocycles. The maximum atomic E-state index is 11.8. The lowest BCUT2D eigenvalue weighted by Crippen LogP contribution is -2.27. The van der Waals surface area contributed by atoms with Crippen LogP contribution in [0.5, 0.6) is 5.75 Å². The average Bonchev–Trinajstić information content (AvgIpc) is 3.01. The molecule has 212 valence electrons. The highest BCUT2D eigenvalue weighted by Gasteiger charge is 2.12. The van der Waals surface area contributed by atoms with Gasteiger partial charge in [0.25, 0.3) is 0 Å². The number of carboxylic acids is 1. The molecule has 0 spiro atoms. The second kappa shape index (κ2) is 15.3. The normalized spacial score (nSPS) is 10.9. The van der Waals surface area contributed by atoms with Gasteiger partial charge in [0, 0.05) is 25.7 Å². The van der Waals surface area contributed by atoms with Crippen LogP contribution >= 0.6 is 0 Å². The largest absolute Gasteiger partial charge is 0.489 e. The first-order chi connectivity index (χ1) is 20.0. The first kappa shape index (κ1) is 29.5. The predicted octanol–water partition coefficient (Wildman–Crippen LogP) is 6.41. The summed E-state index contributed by atoms with van der Waals surface area (Å²) >= 11 is 0. The molecule has 0 amide bonds. The van der Waals surface area contributed by atoms with Crippen LogP contribution in [0.3, 0.4) is 0 Å². The first-order valence-corrected chi connectivity index (χ1v) is 13.8. The van der Waals surface area contributed by atoms with Gasteiger partial charge in [0.05, 0.1) is 18.4 Å². The Morgan fingerprint density at radius 2 is 1.56 bits per heavy atom. The fourth-order valence-corrected chi connectivity index (χ4v) is 4.58. The lowest BCUT2D eigenvalue weighted by atomic mass is 10.0. The van der Waals surface area contributed by atoms with E-state index in [9.17, 15) is 9.59 Å². The summed E-state index contributed by atoms with van der Waals surface area (Å²) in [5.41, 5.74) is 5.81. The molecule has 0 saturated heterocycles. The van der Waals surface area contributed by atoms with E-state index >= 15 is 0 Å². The molecule has 41 heavy (non-hydrogen) atoms.